The Bertz CT molecular complexity index is 414. The van der Waals surface area contributed by atoms with Crippen LogP contribution in [0.15, 0.2) is 28.7 Å². The first-order valence-corrected chi connectivity index (χ1v) is 6.62. The lowest BCUT2D eigenvalue weighted by Gasteiger charge is -2.21. The molecule has 3 heteroatoms. The van der Waals surface area contributed by atoms with Gasteiger partial charge in [-0.15, -0.1) is 0 Å². The average molecular weight is 295 g/mol. The number of rotatable bonds is 2. The molecule has 0 spiro atoms. The molecule has 1 saturated heterocycles. The van der Waals surface area contributed by atoms with Gasteiger partial charge in [0.1, 0.15) is 6.61 Å². The zero-order valence-electron chi connectivity index (χ0n) is 9.62. The van der Waals surface area contributed by atoms with Crippen molar-refractivity contribution >= 4 is 15.9 Å². The topological polar surface area (TPSA) is 18.5 Å². The van der Waals surface area contributed by atoms with E-state index in [0.29, 0.717) is 6.61 Å². The van der Waals surface area contributed by atoms with Gasteiger partial charge in [-0.1, -0.05) is 24.0 Å². The Labute approximate surface area is 110 Å². The van der Waals surface area contributed by atoms with E-state index in [-0.39, 0.29) is 6.29 Å². The van der Waals surface area contributed by atoms with Gasteiger partial charge in [-0.3, -0.25) is 0 Å². The third-order valence-electron chi connectivity index (χ3n) is 2.58. The number of hydrogen-bond donors (Lipinski definition) is 0. The van der Waals surface area contributed by atoms with Gasteiger partial charge in [-0.05, 0) is 47.3 Å². The molecule has 0 radical (unpaired) electrons. The summed E-state index contributed by atoms with van der Waals surface area (Å²) in [5.41, 5.74) is 0.987. The Kier molecular flexibility index (Phi) is 5.06. The van der Waals surface area contributed by atoms with E-state index in [4.69, 9.17) is 9.47 Å². The average Bonchev–Trinajstić information content (AvgIpc) is 2.38. The Morgan fingerprint density at radius 1 is 1.35 bits per heavy atom. The Morgan fingerprint density at radius 2 is 2.24 bits per heavy atom. The highest BCUT2D eigenvalue weighted by atomic mass is 79.9. The molecule has 0 bridgehead atoms. The molecule has 1 unspecified atom stereocenters. The highest BCUT2D eigenvalue weighted by Crippen LogP contribution is 2.15. The molecule has 2 rings (SSSR count). The molecule has 2 nitrogen and oxygen atoms in total. The van der Waals surface area contributed by atoms with E-state index < -0.39 is 0 Å². The number of hydrogen-bond acceptors (Lipinski definition) is 2. The molecule has 0 aliphatic carbocycles. The van der Waals surface area contributed by atoms with E-state index in [1.165, 1.54) is 6.42 Å². The lowest BCUT2D eigenvalue weighted by Crippen LogP contribution is -2.22. The maximum atomic E-state index is 5.53. The van der Waals surface area contributed by atoms with Gasteiger partial charge in [0.15, 0.2) is 6.29 Å². The summed E-state index contributed by atoms with van der Waals surface area (Å²) in [5, 5.41) is 0. The summed E-state index contributed by atoms with van der Waals surface area (Å²) in [5.74, 6) is 6.08. The molecule has 1 aliphatic rings. The molecule has 90 valence electrons. The molecule has 1 fully saturated rings. The summed E-state index contributed by atoms with van der Waals surface area (Å²) < 4.78 is 12.0. The van der Waals surface area contributed by atoms with Crippen molar-refractivity contribution in [3.8, 4) is 11.8 Å². The van der Waals surface area contributed by atoms with Crippen LogP contribution in [-0.4, -0.2) is 19.5 Å². The molecule has 0 saturated carbocycles. The van der Waals surface area contributed by atoms with Crippen LogP contribution in [0.25, 0.3) is 0 Å². The van der Waals surface area contributed by atoms with Crippen LogP contribution in [0.4, 0.5) is 0 Å². The quantitative estimate of drug-likeness (QED) is 0.779. The van der Waals surface area contributed by atoms with Crippen molar-refractivity contribution in [2.75, 3.05) is 13.2 Å². The minimum absolute atomic E-state index is 0.0581. The number of benzene rings is 1. The van der Waals surface area contributed by atoms with Crippen molar-refractivity contribution in [2.24, 2.45) is 0 Å². The van der Waals surface area contributed by atoms with Gasteiger partial charge < -0.3 is 9.47 Å². The van der Waals surface area contributed by atoms with Crippen LogP contribution in [-0.2, 0) is 9.47 Å². The van der Waals surface area contributed by atoms with Gasteiger partial charge in [0, 0.05) is 16.6 Å². The zero-order valence-corrected chi connectivity index (χ0v) is 11.2. The molecule has 1 aromatic carbocycles. The minimum Gasteiger partial charge on any atom is -0.353 e. The van der Waals surface area contributed by atoms with Crippen molar-refractivity contribution < 1.29 is 9.47 Å². The van der Waals surface area contributed by atoms with E-state index in [1.54, 1.807) is 0 Å². The van der Waals surface area contributed by atoms with Crippen molar-refractivity contribution in [3.63, 3.8) is 0 Å². The maximum absolute atomic E-state index is 5.53. The van der Waals surface area contributed by atoms with Crippen molar-refractivity contribution in [1.29, 1.82) is 0 Å². The second kappa shape index (κ2) is 6.80. The Hall–Kier alpha value is -0.820. The van der Waals surface area contributed by atoms with E-state index in [0.717, 1.165) is 29.5 Å². The lowest BCUT2D eigenvalue weighted by atomic mass is 10.2. The predicted octanol–water partition coefficient (Wildman–Crippen LogP) is 3.34. The maximum Gasteiger partial charge on any atom is 0.158 e. The van der Waals surface area contributed by atoms with Crippen LogP contribution in [0.3, 0.4) is 0 Å². The van der Waals surface area contributed by atoms with Crippen LogP contribution in [0.1, 0.15) is 24.8 Å². The van der Waals surface area contributed by atoms with E-state index >= 15 is 0 Å². The van der Waals surface area contributed by atoms with Gasteiger partial charge in [-0.25, -0.2) is 0 Å². The zero-order chi connectivity index (χ0) is 11.9. The summed E-state index contributed by atoms with van der Waals surface area (Å²) in [6.07, 6.45) is 3.25. The largest absolute Gasteiger partial charge is 0.353 e. The standard InChI is InChI=1S/C14H15BrO2/c15-13-8-2-1-6-12(13)7-5-11-17-14-9-3-4-10-16-14/h1-2,6,8,14H,3-4,9-11H2. The van der Waals surface area contributed by atoms with E-state index in [2.05, 4.69) is 27.8 Å². The van der Waals surface area contributed by atoms with Gasteiger partial charge in [0.2, 0.25) is 0 Å². The second-order valence-electron chi connectivity index (χ2n) is 3.89. The third kappa shape index (κ3) is 4.16. The molecule has 0 N–H and O–H groups in total. The molecular weight excluding hydrogens is 280 g/mol. The summed E-state index contributed by atoms with van der Waals surface area (Å²) in [7, 11) is 0. The summed E-state index contributed by atoms with van der Waals surface area (Å²) >= 11 is 3.46. The predicted molar refractivity (Wildman–Crippen MR) is 70.6 cm³/mol. The first kappa shape index (κ1) is 12.6. The van der Waals surface area contributed by atoms with Crippen LogP contribution in [0, 0.1) is 11.8 Å². The monoisotopic (exact) mass is 294 g/mol. The Morgan fingerprint density at radius 3 is 3.00 bits per heavy atom. The fraction of sp³-hybridized carbons (Fsp3) is 0.429. The van der Waals surface area contributed by atoms with Crippen LogP contribution in [0.5, 0.6) is 0 Å². The number of halogens is 1. The van der Waals surface area contributed by atoms with E-state index in [9.17, 15) is 0 Å². The minimum atomic E-state index is -0.0581. The van der Waals surface area contributed by atoms with Crippen molar-refractivity contribution in [2.45, 2.75) is 25.6 Å². The molecule has 1 atom stereocenters. The smallest absolute Gasteiger partial charge is 0.158 e. The van der Waals surface area contributed by atoms with Gasteiger partial charge in [0.05, 0.1) is 0 Å². The lowest BCUT2D eigenvalue weighted by molar-refractivity contribution is -0.154. The van der Waals surface area contributed by atoms with Gasteiger partial charge in [0.25, 0.3) is 0 Å². The normalized spacial score (nSPS) is 19.5. The van der Waals surface area contributed by atoms with Crippen LogP contribution >= 0.6 is 15.9 Å². The fourth-order valence-electron chi connectivity index (χ4n) is 1.67. The second-order valence-corrected chi connectivity index (χ2v) is 4.74. The van der Waals surface area contributed by atoms with Gasteiger partial charge >= 0.3 is 0 Å². The highest BCUT2D eigenvalue weighted by molar-refractivity contribution is 9.10. The van der Waals surface area contributed by atoms with Gasteiger partial charge in [-0.2, -0.15) is 0 Å². The van der Waals surface area contributed by atoms with E-state index in [1.807, 2.05) is 24.3 Å². The SMILES string of the molecule is Brc1ccccc1C#CCOC1CCCCO1. The summed E-state index contributed by atoms with van der Waals surface area (Å²) in [6, 6.07) is 7.91. The molecule has 1 aliphatic heterocycles. The fourth-order valence-corrected chi connectivity index (χ4v) is 2.06. The first-order chi connectivity index (χ1) is 8.36. The first-order valence-electron chi connectivity index (χ1n) is 5.83. The van der Waals surface area contributed by atoms with Crippen LogP contribution in [0.2, 0.25) is 0 Å². The molecule has 0 aromatic heterocycles. The number of ether oxygens (including phenoxy) is 2. The molecular formula is C14H15BrO2. The highest BCUT2D eigenvalue weighted by Gasteiger charge is 2.12. The summed E-state index contributed by atoms with van der Waals surface area (Å²) in [6.45, 7) is 1.23. The van der Waals surface area contributed by atoms with Crippen molar-refractivity contribution in [3.05, 3.63) is 34.3 Å². The molecule has 0 amide bonds. The molecule has 1 aromatic rings. The molecule has 1 heterocycles. The summed E-state index contributed by atoms with van der Waals surface area (Å²) in [4.78, 5) is 0. The Balaban J connectivity index is 1.80. The van der Waals surface area contributed by atoms with Crippen LogP contribution < -0.4 is 0 Å². The third-order valence-corrected chi connectivity index (χ3v) is 3.27. The molecule has 17 heavy (non-hydrogen) atoms. The van der Waals surface area contributed by atoms with Crippen molar-refractivity contribution in [1.82, 2.24) is 0 Å².